The molecule has 2 aromatic carbocycles. The van der Waals surface area contributed by atoms with Crippen molar-refractivity contribution in [2.24, 2.45) is 0 Å². The van der Waals surface area contributed by atoms with Crippen molar-refractivity contribution in [2.45, 2.75) is 51.1 Å². The van der Waals surface area contributed by atoms with Crippen LogP contribution in [0.2, 0.25) is 0 Å². The topological polar surface area (TPSA) is 40.5 Å². The first kappa shape index (κ1) is 16.0. The maximum absolute atomic E-state index is 11.6. The van der Waals surface area contributed by atoms with Gasteiger partial charge in [0.25, 0.3) is 0 Å². The molecule has 3 rings (SSSR count). The van der Waals surface area contributed by atoms with Gasteiger partial charge in [0.1, 0.15) is 6.04 Å². The van der Waals surface area contributed by atoms with Gasteiger partial charge in [0.15, 0.2) is 0 Å². The van der Waals surface area contributed by atoms with Crippen LogP contribution in [0.4, 0.5) is 0 Å². The largest absolute Gasteiger partial charge is 0.480 e. The predicted octanol–water partition coefficient (Wildman–Crippen LogP) is 4.62. The lowest BCUT2D eigenvalue weighted by Crippen LogP contribution is -2.38. The number of hydrogen-bond acceptors (Lipinski definition) is 2. The van der Waals surface area contributed by atoms with Crippen molar-refractivity contribution in [1.29, 1.82) is 0 Å². The molecule has 1 fully saturated rings. The highest BCUT2D eigenvalue weighted by molar-refractivity contribution is 5.86. The number of aliphatic carboxylic acids is 1. The molecule has 0 spiro atoms. The van der Waals surface area contributed by atoms with Crippen LogP contribution in [0.1, 0.15) is 50.6 Å². The van der Waals surface area contributed by atoms with E-state index in [4.69, 9.17) is 0 Å². The van der Waals surface area contributed by atoms with Crippen LogP contribution in [0.5, 0.6) is 0 Å². The molecule has 2 atom stereocenters. The Balaban J connectivity index is 2.02. The summed E-state index contributed by atoms with van der Waals surface area (Å²) in [7, 11) is 0. The van der Waals surface area contributed by atoms with Gasteiger partial charge in [-0.3, -0.25) is 9.69 Å². The van der Waals surface area contributed by atoms with Gasteiger partial charge >= 0.3 is 5.97 Å². The molecule has 0 radical (unpaired) electrons. The van der Waals surface area contributed by atoms with Crippen molar-refractivity contribution in [2.75, 3.05) is 6.54 Å². The molecule has 0 amide bonds. The van der Waals surface area contributed by atoms with Crippen molar-refractivity contribution in [3.05, 3.63) is 48.0 Å². The van der Waals surface area contributed by atoms with Crippen LogP contribution >= 0.6 is 0 Å². The molecule has 3 nitrogen and oxygen atoms in total. The van der Waals surface area contributed by atoms with Crippen LogP contribution in [-0.2, 0) is 4.79 Å². The third-order valence-electron chi connectivity index (χ3n) is 4.99. The number of carbonyl (C=O) groups is 1. The van der Waals surface area contributed by atoms with E-state index in [1.807, 2.05) is 0 Å². The third-order valence-corrected chi connectivity index (χ3v) is 4.99. The average Bonchev–Trinajstić information content (AvgIpc) is 3.05. The van der Waals surface area contributed by atoms with Gasteiger partial charge in [-0.15, -0.1) is 0 Å². The average molecular weight is 311 g/mol. The molecule has 1 saturated heterocycles. The number of fused-ring (bicyclic) bond motifs is 1. The van der Waals surface area contributed by atoms with Crippen molar-refractivity contribution in [1.82, 2.24) is 4.90 Å². The summed E-state index contributed by atoms with van der Waals surface area (Å²) >= 11 is 0. The Kier molecular flexibility index (Phi) is 4.97. The number of rotatable bonds is 6. The number of likely N-dealkylation sites (tertiary alicyclic amines) is 1. The zero-order valence-corrected chi connectivity index (χ0v) is 13.7. The van der Waals surface area contributed by atoms with E-state index in [0.717, 1.165) is 38.6 Å². The smallest absolute Gasteiger partial charge is 0.320 e. The van der Waals surface area contributed by atoms with Crippen LogP contribution in [-0.4, -0.2) is 28.6 Å². The van der Waals surface area contributed by atoms with Crippen molar-refractivity contribution in [3.8, 4) is 0 Å². The first-order chi connectivity index (χ1) is 11.2. The Labute approximate surface area is 137 Å². The molecule has 23 heavy (non-hydrogen) atoms. The highest BCUT2D eigenvalue weighted by atomic mass is 16.4. The molecule has 0 aromatic heterocycles. The first-order valence-corrected chi connectivity index (χ1v) is 8.68. The zero-order valence-electron chi connectivity index (χ0n) is 13.7. The van der Waals surface area contributed by atoms with Gasteiger partial charge in [-0.05, 0) is 42.1 Å². The summed E-state index contributed by atoms with van der Waals surface area (Å²) in [6.07, 6.45) is 5.02. The maximum Gasteiger partial charge on any atom is 0.320 e. The van der Waals surface area contributed by atoms with Crippen LogP contribution in [0.3, 0.4) is 0 Å². The lowest BCUT2D eigenvalue weighted by Gasteiger charge is -2.32. The second kappa shape index (κ2) is 7.14. The van der Waals surface area contributed by atoms with Crippen molar-refractivity contribution in [3.63, 3.8) is 0 Å². The fourth-order valence-corrected chi connectivity index (χ4v) is 3.87. The summed E-state index contributed by atoms with van der Waals surface area (Å²) < 4.78 is 0. The molecule has 1 N–H and O–H groups in total. The fraction of sp³-hybridized carbons (Fsp3) is 0.450. The van der Waals surface area contributed by atoms with Crippen LogP contribution in [0.15, 0.2) is 42.5 Å². The Bertz CT molecular complexity index is 677. The molecule has 122 valence electrons. The minimum atomic E-state index is -0.677. The second-order valence-electron chi connectivity index (χ2n) is 6.46. The van der Waals surface area contributed by atoms with E-state index in [1.165, 1.54) is 16.3 Å². The zero-order chi connectivity index (χ0) is 16.2. The predicted molar refractivity (Wildman–Crippen MR) is 93.6 cm³/mol. The van der Waals surface area contributed by atoms with Gasteiger partial charge in [0.05, 0.1) is 0 Å². The van der Waals surface area contributed by atoms with Crippen LogP contribution < -0.4 is 0 Å². The fourth-order valence-electron chi connectivity index (χ4n) is 3.87. The summed E-state index contributed by atoms with van der Waals surface area (Å²) in [5.41, 5.74) is 1.28. The highest BCUT2D eigenvalue weighted by Crippen LogP contribution is 2.36. The molecule has 1 heterocycles. The second-order valence-corrected chi connectivity index (χ2v) is 6.46. The van der Waals surface area contributed by atoms with Crippen LogP contribution in [0.25, 0.3) is 10.8 Å². The monoisotopic (exact) mass is 311 g/mol. The van der Waals surface area contributed by atoms with Gasteiger partial charge < -0.3 is 5.11 Å². The van der Waals surface area contributed by atoms with Gasteiger partial charge in [0.2, 0.25) is 0 Å². The van der Waals surface area contributed by atoms with Crippen molar-refractivity contribution < 1.29 is 9.90 Å². The van der Waals surface area contributed by atoms with Gasteiger partial charge in [-0.2, -0.15) is 0 Å². The SMILES string of the molecule is CCCCC(c1cccc2ccccc12)N1CCCC1C(=O)O. The van der Waals surface area contributed by atoms with Gasteiger partial charge in [0, 0.05) is 6.04 Å². The standard InChI is InChI=1S/C20H25NO2/c1-2-3-12-18(21-14-7-13-19(21)20(22)23)17-11-6-9-15-8-4-5-10-16(15)17/h4-6,8-11,18-19H,2-3,7,12-14H2,1H3,(H,22,23). The van der Waals surface area contributed by atoms with E-state index in [0.29, 0.717) is 0 Å². The quantitative estimate of drug-likeness (QED) is 0.846. The van der Waals surface area contributed by atoms with E-state index < -0.39 is 5.97 Å². The minimum Gasteiger partial charge on any atom is -0.480 e. The number of carboxylic acid groups (broad SMARTS) is 1. The Morgan fingerprint density at radius 3 is 2.83 bits per heavy atom. The molecule has 0 aliphatic carbocycles. The number of unbranched alkanes of at least 4 members (excludes halogenated alkanes) is 1. The molecule has 0 bridgehead atoms. The molecule has 1 aliphatic heterocycles. The lowest BCUT2D eigenvalue weighted by atomic mass is 9.93. The van der Waals surface area contributed by atoms with E-state index >= 15 is 0 Å². The molecule has 2 aromatic rings. The Hall–Kier alpha value is -1.87. The first-order valence-electron chi connectivity index (χ1n) is 8.68. The minimum absolute atomic E-state index is 0.199. The maximum atomic E-state index is 11.6. The lowest BCUT2D eigenvalue weighted by molar-refractivity contribution is -0.143. The van der Waals surface area contributed by atoms with E-state index in [1.54, 1.807) is 0 Å². The molecule has 0 saturated carbocycles. The summed E-state index contributed by atoms with van der Waals surface area (Å²) in [4.78, 5) is 13.9. The summed E-state index contributed by atoms with van der Waals surface area (Å²) in [5, 5.41) is 12.1. The summed E-state index contributed by atoms with van der Waals surface area (Å²) in [6.45, 7) is 3.08. The van der Waals surface area contributed by atoms with E-state index in [-0.39, 0.29) is 12.1 Å². The highest BCUT2D eigenvalue weighted by Gasteiger charge is 2.36. The van der Waals surface area contributed by atoms with E-state index in [2.05, 4.69) is 54.3 Å². The van der Waals surface area contributed by atoms with Crippen molar-refractivity contribution >= 4 is 16.7 Å². The molecule has 3 heteroatoms. The normalized spacial score (nSPS) is 20.0. The molecular weight excluding hydrogens is 286 g/mol. The number of hydrogen-bond donors (Lipinski definition) is 1. The van der Waals surface area contributed by atoms with E-state index in [9.17, 15) is 9.90 Å². The Morgan fingerprint density at radius 1 is 1.26 bits per heavy atom. The number of benzene rings is 2. The summed E-state index contributed by atoms with van der Waals surface area (Å²) in [6, 6.07) is 14.7. The molecular formula is C20H25NO2. The summed E-state index contributed by atoms with van der Waals surface area (Å²) in [5.74, 6) is -0.677. The van der Waals surface area contributed by atoms with Crippen LogP contribution in [0, 0.1) is 0 Å². The number of carboxylic acids is 1. The molecule has 2 unspecified atom stereocenters. The van der Waals surface area contributed by atoms with Gasteiger partial charge in [-0.1, -0.05) is 62.2 Å². The molecule has 1 aliphatic rings. The number of nitrogens with zero attached hydrogens (tertiary/aromatic N) is 1. The Morgan fingerprint density at radius 2 is 2.04 bits per heavy atom. The van der Waals surface area contributed by atoms with Gasteiger partial charge in [-0.25, -0.2) is 0 Å². The third kappa shape index (κ3) is 3.25.